The largest absolute Gasteiger partial charge is 0.481 e. The molecule has 0 aliphatic heterocycles. The lowest BCUT2D eigenvalue weighted by atomic mass is 9.71. The van der Waals surface area contributed by atoms with E-state index < -0.39 is 0 Å². The van der Waals surface area contributed by atoms with E-state index in [2.05, 4.69) is 41.7 Å². The summed E-state index contributed by atoms with van der Waals surface area (Å²) in [6.07, 6.45) is 6.89. The van der Waals surface area contributed by atoms with Gasteiger partial charge in [0.05, 0.1) is 7.11 Å². The molecule has 0 bridgehead atoms. The van der Waals surface area contributed by atoms with Gasteiger partial charge in [0, 0.05) is 48.2 Å². The lowest BCUT2D eigenvalue weighted by Gasteiger charge is -2.36. The van der Waals surface area contributed by atoms with Crippen LogP contribution in [-0.2, 0) is 11.2 Å². The molecule has 202 valence electrons. The van der Waals surface area contributed by atoms with Crippen LogP contribution in [0.2, 0.25) is 0 Å². The molecule has 1 amide bonds. The smallest absolute Gasteiger partial charge is 0.225 e. The maximum absolute atomic E-state index is 13.4. The molecule has 3 aromatic rings. The van der Waals surface area contributed by atoms with Crippen molar-refractivity contribution in [2.45, 2.75) is 90.5 Å². The van der Waals surface area contributed by atoms with Crippen molar-refractivity contribution in [2.24, 2.45) is 11.8 Å². The Morgan fingerprint density at radius 3 is 2.61 bits per heavy atom. The molecule has 0 radical (unpaired) electrons. The van der Waals surface area contributed by atoms with Crippen LogP contribution in [0.3, 0.4) is 0 Å². The summed E-state index contributed by atoms with van der Waals surface area (Å²) >= 11 is 0. The highest BCUT2D eigenvalue weighted by Gasteiger charge is 2.39. The molecule has 2 fully saturated rings. The number of rotatable bonds is 11. The molecular formula is C31H41N5O2. The topological polar surface area (TPSA) is 81.9 Å². The number of carbonyl (C=O) groups is 1. The van der Waals surface area contributed by atoms with E-state index in [1.54, 1.807) is 7.11 Å². The van der Waals surface area contributed by atoms with Crippen molar-refractivity contribution in [1.29, 1.82) is 0 Å². The van der Waals surface area contributed by atoms with Crippen LogP contribution in [-0.4, -0.2) is 32.8 Å². The lowest BCUT2D eigenvalue weighted by Crippen LogP contribution is -2.27. The van der Waals surface area contributed by atoms with Gasteiger partial charge in [-0.3, -0.25) is 4.79 Å². The number of nitrogens with zero attached hydrogens (tertiary/aromatic N) is 4. The molecule has 2 aliphatic carbocycles. The first-order valence-corrected chi connectivity index (χ1v) is 14.1. The van der Waals surface area contributed by atoms with Crippen molar-refractivity contribution >= 4 is 11.6 Å². The van der Waals surface area contributed by atoms with Gasteiger partial charge in [-0.1, -0.05) is 37.6 Å². The molecule has 2 heterocycles. The monoisotopic (exact) mass is 515 g/mol. The van der Waals surface area contributed by atoms with Gasteiger partial charge in [-0.25, -0.2) is 4.98 Å². The van der Waals surface area contributed by atoms with Crippen molar-refractivity contribution in [2.75, 3.05) is 12.4 Å². The Bertz CT molecular complexity index is 1270. The predicted molar refractivity (Wildman–Crippen MR) is 150 cm³/mol. The molecule has 2 aliphatic rings. The SMILES string of the molecule is COc1cccc(CC(CC(=O)Nc2ccc(C)cc2C)c2nnc(C3CC(CC(C)C)C3)n2C2CC2)n1. The number of aryl methyl sites for hydroxylation is 2. The number of methoxy groups -OCH3 is 1. The van der Waals surface area contributed by atoms with Crippen LogP contribution < -0.4 is 10.1 Å². The van der Waals surface area contributed by atoms with Crippen molar-refractivity contribution in [1.82, 2.24) is 19.7 Å². The first-order chi connectivity index (χ1) is 18.3. The second-order valence-electron chi connectivity index (χ2n) is 11.8. The summed E-state index contributed by atoms with van der Waals surface area (Å²) in [7, 11) is 1.63. The Kier molecular flexibility index (Phi) is 7.82. The third-order valence-corrected chi connectivity index (χ3v) is 7.96. The quantitative estimate of drug-likeness (QED) is 0.314. The number of benzene rings is 1. The fraction of sp³-hybridized carbons (Fsp3) is 0.548. The zero-order valence-corrected chi connectivity index (χ0v) is 23.4. The molecule has 7 heteroatoms. The number of pyridine rings is 1. The number of nitrogens with one attached hydrogen (secondary N) is 1. The third kappa shape index (κ3) is 6.08. The average Bonchev–Trinajstić information content (AvgIpc) is 3.60. The molecule has 38 heavy (non-hydrogen) atoms. The van der Waals surface area contributed by atoms with Gasteiger partial charge in [0.2, 0.25) is 11.8 Å². The Hall–Kier alpha value is -3.22. The lowest BCUT2D eigenvalue weighted by molar-refractivity contribution is -0.116. The van der Waals surface area contributed by atoms with Crippen molar-refractivity contribution < 1.29 is 9.53 Å². The molecular weight excluding hydrogens is 474 g/mol. The summed E-state index contributed by atoms with van der Waals surface area (Å²) in [6, 6.07) is 12.3. The second kappa shape index (κ2) is 11.3. The summed E-state index contributed by atoms with van der Waals surface area (Å²) in [5.41, 5.74) is 3.99. The van der Waals surface area contributed by atoms with Crippen LogP contribution in [0.5, 0.6) is 5.88 Å². The van der Waals surface area contributed by atoms with Crippen LogP contribution in [0.1, 0.15) is 98.7 Å². The standard InChI is InChI=1S/C31H41N5O2/c1-19(2)13-22-15-23(16-22)30-34-35-31(36(30)26-10-11-26)24(17-25-7-6-8-29(32-25)38-5)18-28(37)33-27-12-9-20(3)14-21(27)4/h6-9,12,14,19,22-24,26H,10-11,13,15-18H2,1-5H3,(H,33,37). The molecule has 1 unspecified atom stereocenters. The highest BCUT2D eigenvalue weighted by Crippen LogP contribution is 2.48. The van der Waals surface area contributed by atoms with E-state index in [-0.39, 0.29) is 11.8 Å². The zero-order chi connectivity index (χ0) is 26.8. The first kappa shape index (κ1) is 26.4. The zero-order valence-electron chi connectivity index (χ0n) is 23.4. The van der Waals surface area contributed by atoms with Crippen LogP contribution in [0.25, 0.3) is 0 Å². The summed E-state index contributed by atoms with van der Waals surface area (Å²) in [5.74, 6) is 4.47. The van der Waals surface area contributed by atoms with Gasteiger partial charge >= 0.3 is 0 Å². The highest BCUT2D eigenvalue weighted by atomic mass is 16.5. The van der Waals surface area contributed by atoms with E-state index in [1.165, 1.54) is 24.8 Å². The number of hydrogen-bond donors (Lipinski definition) is 1. The molecule has 0 saturated heterocycles. The van der Waals surface area contributed by atoms with Gasteiger partial charge in [-0.05, 0) is 75.5 Å². The van der Waals surface area contributed by atoms with E-state index in [0.717, 1.165) is 53.3 Å². The Morgan fingerprint density at radius 1 is 1.13 bits per heavy atom. The molecule has 1 atom stereocenters. The van der Waals surface area contributed by atoms with Crippen molar-refractivity contribution in [3.05, 3.63) is 64.9 Å². The number of anilines is 1. The molecule has 0 spiro atoms. The summed E-state index contributed by atoms with van der Waals surface area (Å²) in [5, 5.41) is 12.7. The van der Waals surface area contributed by atoms with Crippen LogP contribution in [0.15, 0.2) is 36.4 Å². The van der Waals surface area contributed by atoms with E-state index in [0.29, 0.717) is 30.7 Å². The maximum atomic E-state index is 13.4. The minimum Gasteiger partial charge on any atom is -0.481 e. The Morgan fingerprint density at radius 2 is 1.92 bits per heavy atom. The van der Waals surface area contributed by atoms with Crippen LogP contribution in [0.4, 0.5) is 5.69 Å². The van der Waals surface area contributed by atoms with Crippen LogP contribution in [0, 0.1) is 25.7 Å². The normalized spacial score (nSPS) is 19.7. The van der Waals surface area contributed by atoms with Gasteiger partial charge < -0.3 is 14.6 Å². The van der Waals surface area contributed by atoms with Gasteiger partial charge in [0.15, 0.2) is 0 Å². The van der Waals surface area contributed by atoms with E-state index in [1.807, 2.05) is 37.3 Å². The molecule has 2 aromatic heterocycles. The van der Waals surface area contributed by atoms with Gasteiger partial charge in [-0.15, -0.1) is 10.2 Å². The molecule has 2 saturated carbocycles. The van der Waals surface area contributed by atoms with Crippen LogP contribution >= 0.6 is 0 Å². The fourth-order valence-electron chi connectivity index (χ4n) is 5.96. The van der Waals surface area contributed by atoms with Crippen molar-refractivity contribution in [3.8, 4) is 5.88 Å². The van der Waals surface area contributed by atoms with Gasteiger partial charge in [-0.2, -0.15) is 0 Å². The van der Waals surface area contributed by atoms with E-state index in [4.69, 9.17) is 14.9 Å². The fourth-order valence-corrected chi connectivity index (χ4v) is 5.96. The Balaban J connectivity index is 1.41. The number of hydrogen-bond acceptors (Lipinski definition) is 5. The predicted octanol–water partition coefficient (Wildman–Crippen LogP) is 6.53. The highest BCUT2D eigenvalue weighted by molar-refractivity contribution is 5.92. The Labute approximate surface area is 226 Å². The average molecular weight is 516 g/mol. The molecule has 1 N–H and O–H groups in total. The third-order valence-electron chi connectivity index (χ3n) is 7.96. The van der Waals surface area contributed by atoms with Gasteiger partial charge in [0.25, 0.3) is 0 Å². The van der Waals surface area contributed by atoms with Gasteiger partial charge in [0.1, 0.15) is 11.6 Å². The minimum atomic E-state index is -0.131. The summed E-state index contributed by atoms with van der Waals surface area (Å²) in [6.45, 7) is 8.70. The molecule has 7 nitrogen and oxygen atoms in total. The van der Waals surface area contributed by atoms with E-state index >= 15 is 0 Å². The number of aromatic nitrogens is 4. The van der Waals surface area contributed by atoms with E-state index in [9.17, 15) is 4.79 Å². The van der Waals surface area contributed by atoms with Crippen molar-refractivity contribution in [3.63, 3.8) is 0 Å². The number of ether oxygens (including phenoxy) is 1. The summed E-state index contributed by atoms with van der Waals surface area (Å²) in [4.78, 5) is 18.0. The molecule has 1 aromatic carbocycles. The minimum absolute atomic E-state index is 0.0163. The first-order valence-electron chi connectivity index (χ1n) is 14.1. The molecule has 5 rings (SSSR count). The summed E-state index contributed by atoms with van der Waals surface area (Å²) < 4.78 is 7.76. The number of amides is 1. The second-order valence-corrected chi connectivity index (χ2v) is 11.8. The maximum Gasteiger partial charge on any atom is 0.225 e. The number of carbonyl (C=O) groups excluding carboxylic acids is 1.